The molecule has 1 amide bonds. The Bertz CT molecular complexity index is 503. The molecule has 0 aromatic heterocycles. The quantitative estimate of drug-likeness (QED) is 0.802. The predicted octanol–water partition coefficient (Wildman–Crippen LogP) is 3.25. The molecule has 0 bridgehead atoms. The number of likely N-dealkylation sites (tertiary alicyclic amines) is 1. The highest BCUT2D eigenvalue weighted by molar-refractivity contribution is 6.17. The maximum atomic E-state index is 12.9. The third-order valence-electron chi connectivity index (χ3n) is 4.58. The number of hydrogen-bond acceptors (Lipinski definition) is 2. The van der Waals surface area contributed by atoms with Gasteiger partial charge in [0.2, 0.25) is 5.91 Å². The minimum absolute atomic E-state index is 0.0455. The molecule has 0 spiro atoms. The molecule has 1 saturated heterocycles. The molecule has 2 heterocycles. The zero-order chi connectivity index (χ0) is 14.7. The number of amides is 1. The van der Waals surface area contributed by atoms with Gasteiger partial charge in [0.05, 0.1) is 5.92 Å². The number of carbonyl (C=O) groups is 1. The highest BCUT2D eigenvalue weighted by atomic mass is 35.5. The van der Waals surface area contributed by atoms with E-state index in [9.17, 15) is 4.79 Å². The van der Waals surface area contributed by atoms with Crippen molar-refractivity contribution in [3.05, 3.63) is 29.8 Å². The van der Waals surface area contributed by atoms with Gasteiger partial charge in [0, 0.05) is 18.5 Å². The summed E-state index contributed by atoms with van der Waals surface area (Å²) in [5.74, 6) is 1.76. The number of nitrogens with zero attached hydrogens (tertiary/aromatic N) is 1. The topological polar surface area (TPSA) is 29.5 Å². The average Bonchev–Trinajstić information content (AvgIpc) is 2.54. The van der Waals surface area contributed by atoms with Crippen LogP contribution in [-0.4, -0.2) is 35.9 Å². The van der Waals surface area contributed by atoms with Crippen LogP contribution in [0.25, 0.3) is 0 Å². The molecule has 4 heteroatoms. The summed E-state index contributed by atoms with van der Waals surface area (Å²) in [5, 5.41) is 0. The maximum absolute atomic E-state index is 12.9. The lowest BCUT2D eigenvalue weighted by atomic mass is 9.92. The summed E-state index contributed by atoms with van der Waals surface area (Å²) >= 11 is 5.89. The van der Waals surface area contributed by atoms with Gasteiger partial charge < -0.3 is 9.64 Å². The summed E-state index contributed by atoms with van der Waals surface area (Å²) in [6.07, 6.45) is 5.09. The van der Waals surface area contributed by atoms with Gasteiger partial charge in [-0.05, 0) is 43.7 Å². The van der Waals surface area contributed by atoms with E-state index in [4.69, 9.17) is 16.3 Å². The Hall–Kier alpha value is -1.22. The van der Waals surface area contributed by atoms with Crippen LogP contribution in [0.1, 0.15) is 31.2 Å². The summed E-state index contributed by atoms with van der Waals surface area (Å²) < 4.78 is 5.77. The van der Waals surface area contributed by atoms with Crippen molar-refractivity contribution in [1.82, 2.24) is 4.90 Å². The van der Waals surface area contributed by atoms with Crippen molar-refractivity contribution < 1.29 is 9.53 Å². The molecule has 1 fully saturated rings. The molecule has 3 rings (SSSR count). The molecule has 1 aromatic rings. The van der Waals surface area contributed by atoms with E-state index >= 15 is 0 Å². The lowest BCUT2D eigenvalue weighted by Gasteiger charge is -2.38. The zero-order valence-corrected chi connectivity index (χ0v) is 13.0. The van der Waals surface area contributed by atoms with Gasteiger partial charge in [-0.3, -0.25) is 4.79 Å². The second kappa shape index (κ2) is 6.69. The van der Waals surface area contributed by atoms with Gasteiger partial charge in [-0.1, -0.05) is 18.2 Å². The lowest BCUT2D eigenvalue weighted by Crippen LogP contribution is -2.48. The van der Waals surface area contributed by atoms with Crippen LogP contribution in [0.2, 0.25) is 0 Å². The molecule has 3 nitrogen and oxygen atoms in total. The number of carbonyl (C=O) groups excluding carboxylic acids is 1. The van der Waals surface area contributed by atoms with E-state index in [0.717, 1.165) is 43.5 Å². The van der Waals surface area contributed by atoms with Crippen LogP contribution in [0, 0.1) is 5.92 Å². The van der Waals surface area contributed by atoms with E-state index in [1.165, 1.54) is 6.42 Å². The van der Waals surface area contributed by atoms with E-state index in [1.807, 2.05) is 18.2 Å². The van der Waals surface area contributed by atoms with E-state index < -0.39 is 0 Å². The largest absolute Gasteiger partial charge is 0.492 e. The van der Waals surface area contributed by atoms with Gasteiger partial charge in [-0.25, -0.2) is 0 Å². The molecule has 1 aromatic carbocycles. The number of halogens is 1. The fourth-order valence-corrected chi connectivity index (χ4v) is 3.69. The Morgan fingerprint density at radius 2 is 2.19 bits per heavy atom. The van der Waals surface area contributed by atoms with Crippen molar-refractivity contribution in [2.45, 2.75) is 38.1 Å². The highest BCUT2D eigenvalue weighted by Crippen LogP contribution is 2.30. The number of piperidine rings is 1. The van der Waals surface area contributed by atoms with Crippen molar-refractivity contribution in [2.75, 3.05) is 19.0 Å². The van der Waals surface area contributed by atoms with Crippen LogP contribution in [0.3, 0.4) is 0 Å². The first-order valence-corrected chi connectivity index (χ1v) is 8.40. The Balaban J connectivity index is 1.70. The smallest absolute Gasteiger partial charge is 0.229 e. The molecule has 114 valence electrons. The summed E-state index contributed by atoms with van der Waals surface area (Å²) in [7, 11) is 0. The van der Waals surface area contributed by atoms with Gasteiger partial charge in [0.25, 0.3) is 0 Å². The third-order valence-corrected chi connectivity index (χ3v) is 4.80. The molecular weight excluding hydrogens is 286 g/mol. The van der Waals surface area contributed by atoms with E-state index in [2.05, 4.69) is 11.0 Å². The SMILES string of the molecule is O=C(C1COc2ccccc2C1)N1CCCCC1CCCl. The highest BCUT2D eigenvalue weighted by Gasteiger charge is 2.33. The Kier molecular flexibility index (Phi) is 4.69. The van der Waals surface area contributed by atoms with Crippen molar-refractivity contribution in [1.29, 1.82) is 0 Å². The first kappa shape index (κ1) is 14.7. The Morgan fingerprint density at radius 3 is 3.05 bits per heavy atom. The van der Waals surface area contributed by atoms with E-state index in [1.54, 1.807) is 0 Å². The molecule has 2 unspecified atom stereocenters. The molecule has 0 aliphatic carbocycles. The van der Waals surface area contributed by atoms with Gasteiger partial charge in [0.15, 0.2) is 0 Å². The predicted molar refractivity (Wildman–Crippen MR) is 83.8 cm³/mol. The van der Waals surface area contributed by atoms with Crippen LogP contribution in [0.5, 0.6) is 5.75 Å². The fraction of sp³-hybridized carbons (Fsp3) is 0.588. The minimum atomic E-state index is -0.0455. The third kappa shape index (κ3) is 3.18. The number of rotatable bonds is 3. The van der Waals surface area contributed by atoms with Crippen molar-refractivity contribution >= 4 is 17.5 Å². The number of ether oxygens (including phenoxy) is 1. The molecule has 2 aliphatic rings. The number of fused-ring (bicyclic) bond motifs is 1. The van der Waals surface area contributed by atoms with Crippen LogP contribution >= 0.6 is 11.6 Å². The van der Waals surface area contributed by atoms with Gasteiger partial charge in [-0.15, -0.1) is 11.6 Å². The summed E-state index contributed by atoms with van der Waals surface area (Å²) in [5.41, 5.74) is 1.15. The molecule has 21 heavy (non-hydrogen) atoms. The van der Waals surface area contributed by atoms with E-state index in [0.29, 0.717) is 18.5 Å². The van der Waals surface area contributed by atoms with E-state index in [-0.39, 0.29) is 11.8 Å². The summed E-state index contributed by atoms with van der Waals surface area (Å²) in [4.78, 5) is 14.9. The molecule has 2 atom stereocenters. The first-order valence-electron chi connectivity index (χ1n) is 7.86. The molecule has 2 aliphatic heterocycles. The van der Waals surface area contributed by atoms with Gasteiger partial charge in [-0.2, -0.15) is 0 Å². The summed E-state index contributed by atoms with van der Waals surface area (Å²) in [6.45, 7) is 1.37. The molecular formula is C17H22ClNO2. The van der Waals surface area contributed by atoms with Crippen LogP contribution in [-0.2, 0) is 11.2 Å². The average molecular weight is 308 g/mol. The standard InChI is InChI=1S/C17H22ClNO2/c18-9-8-15-6-3-4-10-19(15)17(20)14-11-13-5-1-2-7-16(13)21-12-14/h1-2,5,7,14-15H,3-4,6,8-12H2. The maximum Gasteiger partial charge on any atom is 0.229 e. The Morgan fingerprint density at radius 1 is 1.33 bits per heavy atom. The van der Waals surface area contributed by atoms with Gasteiger partial charge in [0.1, 0.15) is 12.4 Å². The summed E-state index contributed by atoms with van der Waals surface area (Å²) in [6, 6.07) is 8.34. The number of hydrogen-bond donors (Lipinski definition) is 0. The fourth-order valence-electron chi connectivity index (χ4n) is 3.44. The Labute approximate surface area is 131 Å². The second-order valence-electron chi connectivity index (χ2n) is 5.98. The van der Waals surface area contributed by atoms with Crippen molar-refractivity contribution in [3.63, 3.8) is 0 Å². The molecule has 0 saturated carbocycles. The van der Waals surface area contributed by atoms with Crippen molar-refractivity contribution in [3.8, 4) is 5.75 Å². The number of benzene rings is 1. The normalized spacial score (nSPS) is 25.1. The minimum Gasteiger partial charge on any atom is -0.492 e. The van der Waals surface area contributed by atoms with Crippen LogP contribution in [0.15, 0.2) is 24.3 Å². The van der Waals surface area contributed by atoms with Gasteiger partial charge >= 0.3 is 0 Å². The zero-order valence-electron chi connectivity index (χ0n) is 12.3. The van der Waals surface area contributed by atoms with Crippen LogP contribution in [0.4, 0.5) is 0 Å². The molecule has 0 N–H and O–H groups in total. The number of alkyl halides is 1. The molecule has 0 radical (unpaired) electrons. The number of para-hydroxylation sites is 1. The van der Waals surface area contributed by atoms with Crippen molar-refractivity contribution in [2.24, 2.45) is 5.92 Å². The monoisotopic (exact) mass is 307 g/mol. The van der Waals surface area contributed by atoms with Crippen LogP contribution < -0.4 is 4.74 Å². The lowest BCUT2D eigenvalue weighted by molar-refractivity contribution is -0.140. The second-order valence-corrected chi connectivity index (χ2v) is 6.36. The first-order chi connectivity index (χ1) is 10.3.